The highest BCUT2D eigenvalue weighted by molar-refractivity contribution is 5.73. The number of ether oxygens (including phenoxy) is 2. The van der Waals surface area contributed by atoms with E-state index in [9.17, 15) is 9.90 Å². The number of carboxylic acid groups (broad SMARTS) is 1. The summed E-state index contributed by atoms with van der Waals surface area (Å²) < 4.78 is 10.3. The number of hydrogen-bond donors (Lipinski definition) is 3. The van der Waals surface area contributed by atoms with Crippen molar-refractivity contribution >= 4 is 5.97 Å². The second-order valence-corrected chi connectivity index (χ2v) is 4.67. The third-order valence-corrected chi connectivity index (χ3v) is 3.31. The summed E-state index contributed by atoms with van der Waals surface area (Å²) in [6.07, 6.45) is 0.161. The van der Waals surface area contributed by atoms with E-state index in [1.807, 2.05) is 0 Å². The monoisotopic (exact) mass is 297 g/mol. The number of carbonyl (C=O) groups is 1. The van der Waals surface area contributed by atoms with Crippen molar-refractivity contribution in [3.63, 3.8) is 0 Å². The highest BCUT2D eigenvalue weighted by Crippen LogP contribution is 2.30. The van der Waals surface area contributed by atoms with Gasteiger partial charge in [0.1, 0.15) is 17.5 Å². The van der Waals surface area contributed by atoms with E-state index in [1.54, 1.807) is 32.2 Å². The normalized spacial score (nSPS) is 13.5. The Kier molecular flexibility index (Phi) is 6.98. The number of nitrogens with one attached hydrogen (secondary N) is 1. The summed E-state index contributed by atoms with van der Waals surface area (Å²) >= 11 is 0. The van der Waals surface area contributed by atoms with Crippen molar-refractivity contribution in [2.75, 3.05) is 20.8 Å². The van der Waals surface area contributed by atoms with Crippen LogP contribution in [0.3, 0.4) is 0 Å². The molecule has 0 aromatic heterocycles. The zero-order chi connectivity index (χ0) is 15.8. The van der Waals surface area contributed by atoms with Gasteiger partial charge in [0, 0.05) is 11.6 Å². The van der Waals surface area contributed by atoms with E-state index in [0.717, 1.165) is 0 Å². The Bertz CT molecular complexity index is 463. The van der Waals surface area contributed by atoms with Crippen molar-refractivity contribution in [1.29, 1.82) is 0 Å². The van der Waals surface area contributed by atoms with E-state index in [-0.39, 0.29) is 0 Å². The Hall–Kier alpha value is -1.79. The van der Waals surface area contributed by atoms with E-state index >= 15 is 0 Å². The van der Waals surface area contributed by atoms with Gasteiger partial charge in [0.05, 0.1) is 20.3 Å². The molecule has 0 saturated heterocycles. The fraction of sp³-hybridized carbons (Fsp3) is 0.533. The van der Waals surface area contributed by atoms with Crippen molar-refractivity contribution in [3.8, 4) is 11.5 Å². The van der Waals surface area contributed by atoms with Crippen molar-refractivity contribution in [3.05, 3.63) is 23.8 Å². The number of methoxy groups -OCH3 is 2. The molecular weight excluding hydrogens is 274 g/mol. The molecule has 2 unspecified atom stereocenters. The second-order valence-electron chi connectivity index (χ2n) is 4.67. The Morgan fingerprint density at radius 2 is 2.05 bits per heavy atom. The topological polar surface area (TPSA) is 88.0 Å². The van der Waals surface area contributed by atoms with Crippen molar-refractivity contribution in [2.24, 2.45) is 0 Å². The average Bonchev–Trinajstić information content (AvgIpc) is 2.50. The highest BCUT2D eigenvalue weighted by Gasteiger charge is 2.17. The van der Waals surface area contributed by atoms with Gasteiger partial charge in [-0.05, 0) is 31.5 Å². The van der Waals surface area contributed by atoms with Crippen LogP contribution in [0.25, 0.3) is 0 Å². The SMILES string of the molecule is CCC(NCCC(O)c1ccc(OC)cc1OC)C(=O)O. The summed E-state index contributed by atoms with van der Waals surface area (Å²) in [4.78, 5) is 10.9. The molecule has 0 aliphatic carbocycles. The summed E-state index contributed by atoms with van der Waals surface area (Å²) in [5.41, 5.74) is 0.656. The lowest BCUT2D eigenvalue weighted by molar-refractivity contribution is -0.139. The number of aliphatic hydroxyl groups excluding tert-OH is 1. The molecule has 1 aromatic rings. The van der Waals surface area contributed by atoms with Crippen LogP contribution in [0.1, 0.15) is 31.4 Å². The summed E-state index contributed by atoms with van der Waals surface area (Å²) in [5, 5.41) is 22.1. The maximum absolute atomic E-state index is 10.9. The Morgan fingerprint density at radius 3 is 2.57 bits per heavy atom. The number of carboxylic acids is 1. The molecule has 118 valence electrons. The Balaban J connectivity index is 2.63. The first-order valence-corrected chi connectivity index (χ1v) is 6.89. The fourth-order valence-electron chi connectivity index (χ4n) is 2.05. The van der Waals surface area contributed by atoms with Gasteiger partial charge in [-0.15, -0.1) is 0 Å². The molecule has 0 bridgehead atoms. The summed E-state index contributed by atoms with van der Waals surface area (Å²) in [5.74, 6) is 0.319. The molecule has 21 heavy (non-hydrogen) atoms. The van der Waals surface area contributed by atoms with Gasteiger partial charge in [-0.3, -0.25) is 4.79 Å². The minimum absolute atomic E-state index is 0.395. The number of hydrogen-bond acceptors (Lipinski definition) is 5. The standard InChI is InChI=1S/C15H23NO5/c1-4-12(15(18)19)16-8-7-13(17)11-6-5-10(20-2)9-14(11)21-3/h5-6,9,12-13,16-17H,4,7-8H2,1-3H3,(H,18,19). The van der Waals surface area contributed by atoms with E-state index in [1.165, 1.54) is 7.11 Å². The predicted octanol–water partition coefficient (Wildman–Crippen LogP) is 1.58. The Morgan fingerprint density at radius 1 is 1.33 bits per heavy atom. The number of rotatable bonds is 9. The summed E-state index contributed by atoms with van der Waals surface area (Å²) in [7, 11) is 3.09. The number of aliphatic carboxylic acids is 1. The molecule has 0 fully saturated rings. The molecule has 0 aliphatic rings. The Labute approximate surface area is 124 Å². The molecule has 2 atom stereocenters. The van der Waals surface area contributed by atoms with Gasteiger partial charge in [-0.2, -0.15) is 0 Å². The van der Waals surface area contributed by atoms with Gasteiger partial charge < -0.3 is 25.0 Å². The van der Waals surface area contributed by atoms with Gasteiger partial charge >= 0.3 is 5.97 Å². The molecule has 0 heterocycles. The molecule has 1 rings (SSSR count). The smallest absolute Gasteiger partial charge is 0.320 e. The number of aliphatic hydroxyl groups is 1. The lowest BCUT2D eigenvalue weighted by Gasteiger charge is -2.17. The van der Waals surface area contributed by atoms with E-state index in [2.05, 4.69) is 5.32 Å². The van der Waals surface area contributed by atoms with Crippen molar-refractivity contribution in [2.45, 2.75) is 31.9 Å². The molecule has 3 N–H and O–H groups in total. The first kappa shape index (κ1) is 17.3. The van der Waals surface area contributed by atoms with Gasteiger partial charge in [-0.25, -0.2) is 0 Å². The van der Waals surface area contributed by atoms with Gasteiger partial charge in [-0.1, -0.05) is 6.92 Å². The van der Waals surface area contributed by atoms with Crippen molar-refractivity contribution in [1.82, 2.24) is 5.32 Å². The zero-order valence-electron chi connectivity index (χ0n) is 12.6. The average molecular weight is 297 g/mol. The third kappa shape index (κ3) is 4.91. The molecule has 6 heteroatoms. The molecule has 0 spiro atoms. The van der Waals surface area contributed by atoms with Gasteiger partial charge in [0.15, 0.2) is 0 Å². The van der Waals surface area contributed by atoms with E-state index < -0.39 is 18.1 Å². The van der Waals surface area contributed by atoms with Crippen LogP contribution in [0.5, 0.6) is 11.5 Å². The molecule has 0 amide bonds. The van der Waals surface area contributed by atoms with E-state index in [0.29, 0.717) is 36.4 Å². The zero-order valence-corrected chi connectivity index (χ0v) is 12.6. The van der Waals surface area contributed by atoms with Crippen LogP contribution >= 0.6 is 0 Å². The third-order valence-electron chi connectivity index (χ3n) is 3.31. The molecular formula is C15H23NO5. The quantitative estimate of drug-likeness (QED) is 0.641. The molecule has 0 radical (unpaired) electrons. The van der Waals surface area contributed by atoms with E-state index in [4.69, 9.17) is 14.6 Å². The van der Waals surface area contributed by atoms with Gasteiger partial charge in [0.2, 0.25) is 0 Å². The van der Waals surface area contributed by atoms with Crippen LogP contribution < -0.4 is 14.8 Å². The predicted molar refractivity (Wildman–Crippen MR) is 78.8 cm³/mol. The van der Waals surface area contributed by atoms with Crippen molar-refractivity contribution < 1.29 is 24.5 Å². The summed E-state index contributed by atoms with van der Waals surface area (Å²) in [6, 6.07) is 4.62. The minimum atomic E-state index is -0.881. The molecule has 1 aromatic carbocycles. The first-order valence-electron chi connectivity index (χ1n) is 6.89. The molecule has 0 saturated carbocycles. The lowest BCUT2D eigenvalue weighted by atomic mass is 10.0. The van der Waals surface area contributed by atoms with Crippen LogP contribution in [-0.2, 0) is 4.79 Å². The van der Waals surface area contributed by atoms with Crippen LogP contribution in [0.2, 0.25) is 0 Å². The maximum Gasteiger partial charge on any atom is 0.320 e. The van der Waals surface area contributed by atoms with Gasteiger partial charge in [0.25, 0.3) is 0 Å². The minimum Gasteiger partial charge on any atom is -0.497 e. The van der Waals surface area contributed by atoms with Crippen LogP contribution in [0.4, 0.5) is 0 Å². The van der Waals surface area contributed by atoms with Crippen LogP contribution in [0.15, 0.2) is 18.2 Å². The lowest BCUT2D eigenvalue weighted by Crippen LogP contribution is -2.37. The largest absolute Gasteiger partial charge is 0.497 e. The van der Waals surface area contributed by atoms with Crippen LogP contribution in [-0.4, -0.2) is 43.0 Å². The maximum atomic E-state index is 10.9. The summed E-state index contributed by atoms with van der Waals surface area (Å²) in [6.45, 7) is 2.20. The van der Waals surface area contributed by atoms with Crippen LogP contribution in [0, 0.1) is 0 Å². The highest BCUT2D eigenvalue weighted by atomic mass is 16.5. The number of benzene rings is 1. The first-order chi connectivity index (χ1) is 10.0. The molecule has 6 nitrogen and oxygen atoms in total. The molecule has 0 aliphatic heterocycles. The second kappa shape index (κ2) is 8.49. The fourth-order valence-corrected chi connectivity index (χ4v) is 2.05.